The van der Waals surface area contributed by atoms with Crippen LogP contribution in [-0.4, -0.2) is 67.9 Å². The summed E-state index contributed by atoms with van der Waals surface area (Å²) < 4.78 is 47.4. The molecule has 4 bridgehead atoms. The maximum atomic E-state index is 13.3. The first kappa shape index (κ1) is 35.4. The number of hydrogen-bond donors (Lipinski definition) is 4. The SMILES string of the molecule is C/C=C/S(=O)(=O)Nc1ccccc1/C1=C\[C@H]2CC[C@H](C)[C@@H](O1)C1CC([C@@]2(C)N)[C@@](O)(C[C@@H](C)OC)[C@]2(O)C(C[C@H](C)[C@@H]2OC)C1C. The summed E-state index contributed by atoms with van der Waals surface area (Å²) in [5, 5.41) is 27.6. The van der Waals surface area contributed by atoms with Crippen molar-refractivity contribution in [1.29, 1.82) is 0 Å². The van der Waals surface area contributed by atoms with Crippen molar-refractivity contribution in [3.8, 4) is 0 Å². The summed E-state index contributed by atoms with van der Waals surface area (Å²) in [4.78, 5) is 0. The Bertz CT molecular complexity index is 1430. The van der Waals surface area contributed by atoms with Crippen molar-refractivity contribution in [2.45, 2.75) is 109 Å². The van der Waals surface area contributed by atoms with Crippen LogP contribution in [0.2, 0.25) is 0 Å². The topological polar surface area (TPSA) is 140 Å². The summed E-state index contributed by atoms with van der Waals surface area (Å²) in [5.74, 6) is -0.383. The van der Waals surface area contributed by atoms with Crippen LogP contribution in [0.4, 0.5) is 5.69 Å². The quantitative estimate of drug-likeness (QED) is 0.295. The van der Waals surface area contributed by atoms with Gasteiger partial charge >= 0.3 is 0 Å². The zero-order valence-electron chi connectivity index (χ0n) is 28.8. The molecule has 3 fully saturated rings. The van der Waals surface area contributed by atoms with Gasteiger partial charge in [0.1, 0.15) is 23.1 Å². The zero-order valence-corrected chi connectivity index (χ0v) is 29.6. The van der Waals surface area contributed by atoms with Crippen molar-refractivity contribution in [2.75, 3.05) is 18.9 Å². The van der Waals surface area contributed by atoms with Gasteiger partial charge in [-0.1, -0.05) is 39.0 Å². The Hall–Kier alpha value is -1.95. The molecular weight excluding hydrogens is 604 g/mol. The second-order valence-electron chi connectivity index (χ2n) is 15.1. The summed E-state index contributed by atoms with van der Waals surface area (Å²) in [5.41, 5.74) is 4.48. The molecule has 3 aliphatic carbocycles. The first-order chi connectivity index (χ1) is 21.6. The third kappa shape index (κ3) is 5.75. The number of rotatable bonds is 8. The predicted octanol–water partition coefficient (Wildman–Crippen LogP) is 5.30. The van der Waals surface area contributed by atoms with Crippen LogP contribution in [-0.2, 0) is 24.2 Å². The Morgan fingerprint density at radius 3 is 2.48 bits per heavy atom. The van der Waals surface area contributed by atoms with Crippen molar-refractivity contribution in [3.05, 3.63) is 47.4 Å². The molecule has 9 nitrogen and oxygen atoms in total. The van der Waals surface area contributed by atoms with E-state index in [-0.39, 0.29) is 54.1 Å². The van der Waals surface area contributed by atoms with Gasteiger partial charge in [0, 0.05) is 43.1 Å². The van der Waals surface area contributed by atoms with Crippen LogP contribution in [0.15, 0.2) is 41.8 Å². The van der Waals surface area contributed by atoms with Crippen LogP contribution in [0.1, 0.15) is 79.2 Å². The highest BCUT2D eigenvalue weighted by molar-refractivity contribution is 7.95. The van der Waals surface area contributed by atoms with Crippen molar-refractivity contribution >= 4 is 21.5 Å². The van der Waals surface area contributed by atoms with Gasteiger partial charge in [0.2, 0.25) is 0 Å². The van der Waals surface area contributed by atoms with Crippen LogP contribution in [0.3, 0.4) is 0 Å². The highest BCUT2D eigenvalue weighted by Gasteiger charge is 2.72. The molecule has 2 aliphatic heterocycles. The average Bonchev–Trinajstić information content (AvgIpc) is 3.26. The second kappa shape index (κ2) is 12.8. The van der Waals surface area contributed by atoms with E-state index in [1.54, 1.807) is 33.3 Å². The lowest BCUT2D eigenvalue weighted by Gasteiger charge is -2.56. The second-order valence-corrected chi connectivity index (χ2v) is 16.7. The number of methoxy groups -OCH3 is 2. The van der Waals surface area contributed by atoms with E-state index in [1.165, 1.54) is 6.08 Å². The summed E-state index contributed by atoms with van der Waals surface area (Å²) in [6.45, 7) is 12.1. The van der Waals surface area contributed by atoms with Gasteiger partial charge < -0.3 is 30.2 Å². The van der Waals surface area contributed by atoms with Crippen molar-refractivity contribution in [2.24, 2.45) is 47.2 Å². The van der Waals surface area contributed by atoms with Gasteiger partial charge in [-0.3, -0.25) is 4.72 Å². The molecule has 0 radical (unpaired) electrons. The van der Waals surface area contributed by atoms with E-state index in [0.29, 0.717) is 29.9 Å². The van der Waals surface area contributed by atoms with Gasteiger partial charge in [0.05, 0.1) is 17.9 Å². The van der Waals surface area contributed by atoms with E-state index >= 15 is 0 Å². The Labute approximate surface area is 276 Å². The van der Waals surface area contributed by atoms with Crippen LogP contribution in [0, 0.1) is 41.4 Å². The van der Waals surface area contributed by atoms with Crippen molar-refractivity contribution < 1.29 is 32.8 Å². The highest BCUT2D eigenvalue weighted by Crippen LogP contribution is 2.63. The minimum Gasteiger partial charge on any atom is -0.489 e. The summed E-state index contributed by atoms with van der Waals surface area (Å²) in [6, 6.07) is 7.30. The number of allylic oxidation sites excluding steroid dienone is 1. The van der Waals surface area contributed by atoms with E-state index < -0.39 is 38.8 Å². The maximum Gasteiger partial charge on any atom is 0.254 e. The summed E-state index contributed by atoms with van der Waals surface area (Å²) in [6.07, 6.45) is 5.48. The van der Waals surface area contributed by atoms with Crippen molar-refractivity contribution in [3.63, 3.8) is 0 Å². The fourth-order valence-corrected chi connectivity index (χ4v) is 10.9. The van der Waals surface area contributed by atoms with Crippen LogP contribution >= 0.6 is 0 Å². The molecular formula is C36H56N2O7S. The molecule has 13 atom stereocenters. The predicted molar refractivity (Wildman–Crippen MR) is 181 cm³/mol. The monoisotopic (exact) mass is 660 g/mol. The number of fused-ring (bicyclic) bond motifs is 4. The molecule has 5 N–H and O–H groups in total. The van der Waals surface area contributed by atoms with Crippen molar-refractivity contribution in [1.82, 2.24) is 0 Å². The molecule has 3 saturated carbocycles. The van der Waals surface area contributed by atoms with Gasteiger partial charge in [-0.2, -0.15) is 0 Å². The molecule has 4 unspecified atom stereocenters. The Morgan fingerprint density at radius 1 is 1.13 bits per heavy atom. The first-order valence-corrected chi connectivity index (χ1v) is 18.5. The van der Waals surface area contributed by atoms with Gasteiger partial charge in [0.25, 0.3) is 10.0 Å². The number of hydrogen-bond acceptors (Lipinski definition) is 8. The summed E-state index contributed by atoms with van der Waals surface area (Å²) in [7, 11) is -0.469. The van der Waals surface area contributed by atoms with E-state index in [2.05, 4.69) is 31.6 Å². The Balaban J connectivity index is 1.75. The number of anilines is 1. The van der Waals surface area contributed by atoms with Crippen LogP contribution in [0.25, 0.3) is 5.76 Å². The normalized spacial score (nSPS) is 44.5. The lowest BCUT2D eigenvalue weighted by Crippen LogP contribution is -2.72. The number of ether oxygens (including phenoxy) is 3. The van der Waals surface area contributed by atoms with Gasteiger partial charge in [-0.25, -0.2) is 8.42 Å². The highest BCUT2D eigenvalue weighted by atomic mass is 32.2. The summed E-state index contributed by atoms with van der Waals surface area (Å²) >= 11 is 0. The lowest BCUT2D eigenvalue weighted by molar-refractivity contribution is -0.257. The third-order valence-electron chi connectivity index (χ3n) is 12.3. The van der Waals surface area contributed by atoms with E-state index in [9.17, 15) is 18.6 Å². The number of para-hydroxylation sites is 1. The fourth-order valence-electron chi connectivity index (χ4n) is 9.97. The first-order valence-electron chi connectivity index (χ1n) is 17.0. The fraction of sp³-hybridized carbons (Fsp3) is 0.722. The molecule has 1 aromatic carbocycles. The van der Waals surface area contributed by atoms with E-state index in [0.717, 1.165) is 18.2 Å². The van der Waals surface area contributed by atoms with E-state index in [1.807, 2.05) is 26.0 Å². The van der Waals surface area contributed by atoms with Gasteiger partial charge in [-0.15, -0.1) is 0 Å². The molecule has 0 saturated heterocycles. The zero-order chi connectivity index (χ0) is 33.8. The number of nitrogens with one attached hydrogen (secondary N) is 1. The standard InChI is InChI=1S/C36H56N2O7S/c1-9-16-46(41,42)38-29-13-11-10-12-26(29)30-18-25-15-14-21(2)32(45-30)27-19-31(34(25,6)37)35(39,20-23(4)43-7)36(40)28(24(27)5)17-22(3)33(36)44-8/h9-13,16,18,21-25,27-28,31-33,38-40H,14-15,17,19-20,37H2,1-8H3/b16-9+,30-18+/t21-,22-,23+,24?,25+,27?,28?,31?,32+,33-,34-,35-,36-/m0/s1. The average molecular weight is 661 g/mol. The molecule has 46 heavy (non-hydrogen) atoms. The number of sulfonamides is 1. The smallest absolute Gasteiger partial charge is 0.254 e. The molecule has 258 valence electrons. The van der Waals surface area contributed by atoms with Gasteiger partial charge in [-0.05, 0) is 100 Å². The maximum absolute atomic E-state index is 13.3. The minimum absolute atomic E-state index is 0.0175. The molecule has 0 amide bonds. The third-order valence-corrected chi connectivity index (χ3v) is 13.5. The molecule has 5 aliphatic rings. The largest absolute Gasteiger partial charge is 0.489 e. The molecule has 2 heterocycles. The number of benzene rings is 1. The van der Waals surface area contributed by atoms with Crippen LogP contribution < -0.4 is 10.5 Å². The van der Waals surface area contributed by atoms with E-state index in [4.69, 9.17) is 19.9 Å². The molecule has 0 spiro atoms. The lowest BCUT2D eigenvalue weighted by atomic mass is 9.57. The molecule has 1 aromatic rings. The number of nitrogens with two attached hydrogens (primary N) is 1. The Morgan fingerprint density at radius 2 is 1.83 bits per heavy atom. The molecule has 10 heteroatoms. The molecule has 0 aromatic heterocycles. The number of aliphatic hydroxyl groups is 2. The molecule has 6 rings (SSSR count). The van der Waals surface area contributed by atoms with Gasteiger partial charge in [0.15, 0.2) is 0 Å². The minimum atomic E-state index is -3.73. The Kier molecular flexibility index (Phi) is 9.86. The van der Waals surface area contributed by atoms with Crippen LogP contribution in [0.5, 0.6) is 0 Å².